The molecule has 0 aliphatic rings. The summed E-state index contributed by atoms with van der Waals surface area (Å²) in [5.41, 5.74) is 3.07. The highest BCUT2D eigenvalue weighted by Gasteiger charge is 2.10. The van der Waals surface area contributed by atoms with Gasteiger partial charge < -0.3 is 14.8 Å². The normalized spacial score (nSPS) is 11.3. The van der Waals surface area contributed by atoms with Crippen LogP contribution in [0.1, 0.15) is 17.3 Å². The Hall–Kier alpha value is -3.37. The lowest BCUT2D eigenvalue weighted by atomic mass is 10.2. The molecule has 1 aromatic heterocycles. The minimum absolute atomic E-state index is 0.145. The molecule has 0 aliphatic carbocycles. The quantitative estimate of drug-likeness (QED) is 0.694. The van der Waals surface area contributed by atoms with E-state index in [1.165, 1.54) is 18.3 Å². The Morgan fingerprint density at radius 2 is 1.93 bits per heavy atom. The van der Waals surface area contributed by atoms with Crippen molar-refractivity contribution in [3.05, 3.63) is 52.8 Å². The van der Waals surface area contributed by atoms with Crippen LogP contribution >= 0.6 is 11.3 Å². The molecule has 3 rings (SSSR count). The van der Waals surface area contributed by atoms with E-state index in [9.17, 15) is 9.59 Å². The summed E-state index contributed by atoms with van der Waals surface area (Å²) in [6, 6.07) is 12.8. The zero-order valence-corrected chi connectivity index (χ0v) is 16.7. The highest BCUT2D eigenvalue weighted by molar-refractivity contribution is 7.16. The van der Waals surface area contributed by atoms with E-state index in [-0.39, 0.29) is 11.8 Å². The minimum atomic E-state index is -0.329. The molecule has 0 saturated heterocycles. The number of aromatic nitrogens is 1. The van der Waals surface area contributed by atoms with E-state index in [0.717, 1.165) is 15.9 Å². The largest absolute Gasteiger partial charge is 0.378 e. The number of hydrogen-bond acceptors (Lipinski definition) is 4. The standard InChI is InChI=1S/C21H20N4O2S/c1-5-12-25-18-11-8-16(22-14(2)26)13-19(18)28-21(25)23-20(27)15-6-9-17(10-7-15)24(3)4/h1,6-11,13H,12H2,2-4H3,(H,22,26). The number of nitrogens with one attached hydrogen (secondary N) is 1. The first-order chi connectivity index (χ1) is 13.4. The molecule has 6 nitrogen and oxygen atoms in total. The summed E-state index contributed by atoms with van der Waals surface area (Å²) in [4.78, 5) is 30.7. The molecule has 1 heterocycles. The van der Waals surface area contributed by atoms with Crippen molar-refractivity contribution >= 4 is 44.7 Å². The van der Waals surface area contributed by atoms with E-state index in [1.54, 1.807) is 18.2 Å². The van der Waals surface area contributed by atoms with E-state index in [0.29, 0.717) is 22.6 Å². The number of thiazole rings is 1. The van der Waals surface area contributed by atoms with Gasteiger partial charge in [0.25, 0.3) is 5.91 Å². The molecule has 3 aromatic rings. The van der Waals surface area contributed by atoms with Gasteiger partial charge in [-0.05, 0) is 42.5 Å². The van der Waals surface area contributed by atoms with Crippen LogP contribution in [0.15, 0.2) is 47.5 Å². The van der Waals surface area contributed by atoms with Gasteiger partial charge in [0.05, 0.1) is 16.8 Å². The van der Waals surface area contributed by atoms with Gasteiger partial charge in [-0.25, -0.2) is 0 Å². The maximum Gasteiger partial charge on any atom is 0.279 e. The summed E-state index contributed by atoms with van der Waals surface area (Å²) < 4.78 is 2.71. The van der Waals surface area contributed by atoms with Crippen LogP contribution in [0.4, 0.5) is 11.4 Å². The molecular weight excluding hydrogens is 372 g/mol. The average molecular weight is 392 g/mol. The zero-order chi connectivity index (χ0) is 20.3. The van der Waals surface area contributed by atoms with Gasteiger partial charge >= 0.3 is 0 Å². The Kier molecular flexibility index (Phi) is 5.62. The third kappa shape index (κ3) is 4.13. The summed E-state index contributed by atoms with van der Waals surface area (Å²) in [5, 5.41) is 2.76. The van der Waals surface area contributed by atoms with Crippen molar-refractivity contribution in [3.8, 4) is 12.3 Å². The van der Waals surface area contributed by atoms with Crippen LogP contribution in [-0.2, 0) is 11.3 Å². The zero-order valence-electron chi connectivity index (χ0n) is 15.9. The van der Waals surface area contributed by atoms with Crippen LogP contribution in [0, 0.1) is 12.3 Å². The number of benzene rings is 2. The van der Waals surface area contributed by atoms with Gasteiger partial charge in [-0.15, -0.1) is 6.42 Å². The monoisotopic (exact) mass is 392 g/mol. The number of hydrogen-bond donors (Lipinski definition) is 1. The van der Waals surface area contributed by atoms with Crippen LogP contribution < -0.4 is 15.0 Å². The topological polar surface area (TPSA) is 66.7 Å². The lowest BCUT2D eigenvalue weighted by molar-refractivity contribution is -0.114. The average Bonchev–Trinajstić information content (AvgIpc) is 2.98. The molecule has 0 bridgehead atoms. The minimum Gasteiger partial charge on any atom is -0.378 e. The van der Waals surface area contributed by atoms with Crippen LogP contribution in [0.25, 0.3) is 10.2 Å². The summed E-state index contributed by atoms with van der Waals surface area (Å²) in [5.74, 6) is 2.13. The number of carbonyl (C=O) groups is 2. The Balaban J connectivity index is 2.04. The van der Waals surface area contributed by atoms with Crippen molar-refractivity contribution in [1.82, 2.24) is 4.57 Å². The van der Waals surface area contributed by atoms with Crippen LogP contribution in [0.3, 0.4) is 0 Å². The van der Waals surface area contributed by atoms with E-state index in [4.69, 9.17) is 6.42 Å². The number of nitrogens with zero attached hydrogens (tertiary/aromatic N) is 3. The van der Waals surface area contributed by atoms with Gasteiger partial charge in [-0.3, -0.25) is 9.59 Å². The van der Waals surface area contributed by atoms with E-state index < -0.39 is 0 Å². The van der Waals surface area contributed by atoms with E-state index >= 15 is 0 Å². The SMILES string of the molecule is C#CCn1c(=NC(=O)c2ccc(N(C)C)cc2)sc2cc(NC(C)=O)ccc21. The number of rotatable bonds is 4. The fraction of sp³-hybridized carbons (Fsp3) is 0.190. The van der Waals surface area contributed by atoms with Gasteiger partial charge in [0, 0.05) is 38.0 Å². The van der Waals surface area contributed by atoms with Crippen LogP contribution in [0.5, 0.6) is 0 Å². The van der Waals surface area contributed by atoms with Crippen molar-refractivity contribution in [1.29, 1.82) is 0 Å². The van der Waals surface area contributed by atoms with E-state index in [2.05, 4.69) is 16.2 Å². The van der Waals surface area contributed by atoms with Crippen LogP contribution in [-0.4, -0.2) is 30.5 Å². The third-order valence-electron chi connectivity index (χ3n) is 4.08. The lowest BCUT2D eigenvalue weighted by Gasteiger charge is -2.11. The Morgan fingerprint density at radius 3 is 2.54 bits per heavy atom. The fourth-order valence-electron chi connectivity index (χ4n) is 2.74. The maximum absolute atomic E-state index is 12.6. The smallest absolute Gasteiger partial charge is 0.279 e. The second-order valence-electron chi connectivity index (χ2n) is 6.40. The number of amides is 2. The van der Waals surface area contributed by atoms with Crippen molar-refractivity contribution in [2.45, 2.75) is 13.5 Å². The first-order valence-corrected chi connectivity index (χ1v) is 9.41. The molecule has 0 aliphatic heterocycles. The third-order valence-corrected chi connectivity index (χ3v) is 5.12. The number of fused-ring (bicyclic) bond motifs is 1. The molecule has 2 amide bonds. The molecule has 7 heteroatoms. The first-order valence-electron chi connectivity index (χ1n) is 8.60. The second-order valence-corrected chi connectivity index (χ2v) is 7.41. The summed E-state index contributed by atoms with van der Waals surface area (Å²) >= 11 is 1.36. The van der Waals surface area contributed by atoms with Gasteiger partial charge in [0.2, 0.25) is 5.91 Å². The van der Waals surface area contributed by atoms with Gasteiger partial charge in [-0.1, -0.05) is 17.3 Å². The molecule has 0 saturated carbocycles. The molecule has 0 radical (unpaired) electrons. The van der Waals surface area contributed by atoms with Gasteiger partial charge in [-0.2, -0.15) is 4.99 Å². The van der Waals surface area contributed by atoms with Crippen molar-refractivity contribution < 1.29 is 9.59 Å². The lowest BCUT2D eigenvalue weighted by Crippen LogP contribution is -2.16. The highest BCUT2D eigenvalue weighted by atomic mass is 32.1. The van der Waals surface area contributed by atoms with Crippen molar-refractivity contribution in [2.75, 3.05) is 24.3 Å². The molecule has 1 N–H and O–H groups in total. The molecule has 0 fully saturated rings. The molecule has 0 spiro atoms. The summed E-state index contributed by atoms with van der Waals surface area (Å²) in [6.07, 6.45) is 5.51. The summed E-state index contributed by atoms with van der Waals surface area (Å²) in [7, 11) is 3.88. The van der Waals surface area contributed by atoms with E-state index in [1.807, 2.05) is 47.8 Å². The van der Waals surface area contributed by atoms with Crippen molar-refractivity contribution in [3.63, 3.8) is 0 Å². The van der Waals surface area contributed by atoms with Crippen LogP contribution in [0.2, 0.25) is 0 Å². The maximum atomic E-state index is 12.6. The molecular formula is C21H20N4O2S. The molecule has 28 heavy (non-hydrogen) atoms. The van der Waals surface area contributed by atoms with Gasteiger partial charge in [0.1, 0.15) is 0 Å². The Labute approximate surface area is 167 Å². The Morgan fingerprint density at radius 1 is 1.21 bits per heavy atom. The molecule has 0 unspecified atom stereocenters. The second kappa shape index (κ2) is 8.11. The number of carbonyl (C=O) groups excluding carboxylic acids is 2. The molecule has 142 valence electrons. The number of terminal acetylenes is 1. The predicted molar refractivity (Wildman–Crippen MR) is 114 cm³/mol. The van der Waals surface area contributed by atoms with Crippen molar-refractivity contribution in [2.24, 2.45) is 4.99 Å². The molecule has 0 atom stereocenters. The number of anilines is 2. The van der Waals surface area contributed by atoms with Gasteiger partial charge in [0.15, 0.2) is 4.80 Å². The first kappa shape index (κ1) is 19.4. The summed E-state index contributed by atoms with van der Waals surface area (Å²) in [6.45, 7) is 1.75. The highest BCUT2D eigenvalue weighted by Crippen LogP contribution is 2.22. The molecule has 2 aromatic carbocycles. The Bertz CT molecular complexity index is 1150. The fourth-order valence-corrected chi connectivity index (χ4v) is 3.80. The predicted octanol–water partition coefficient (Wildman–Crippen LogP) is 3.10.